The first kappa shape index (κ1) is 25.0. The highest BCUT2D eigenvalue weighted by molar-refractivity contribution is 5.73. The van der Waals surface area contributed by atoms with Crippen LogP contribution in [0.2, 0.25) is 0 Å². The molecule has 0 amide bonds. The minimum absolute atomic E-state index is 0.283. The van der Waals surface area contributed by atoms with Crippen molar-refractivity contribution in [3.05, 3.63) is 59.7 Å². The summed E-state index contributed by atoms with van der Waals surface area (Å²) in [5, 5.41) is 15.8. The van der Waals surface area contributed by atoms with Gasteiger partial charge in [0.1, 0.15) is 17.5 Å². The fourth-order valence-electron chi connectivity index (χ4n) is 3.18. The molecule has 0 bridgehead atoms. The molecular weight excluding hydrogens is 412 g/mol. The van der Waals surface area contributed by atoms with Gasteiger partial charge in [-0.1, -0.05) is 42.8 Å². The van der Waals surface area contributed by atoms with E-state index in [4.69, 9.17) is 9.47 Å². The van der Waals surface area contributed by atoms with Gasteiger partial charge in [0.25, 0.3) is 0 Å². The molecule has 3 N–H and O–H groups in total. The van der Waals surface area contributed by atoms with Crippen LogP contribution in [0, 0.1) is 0 Å². The zero-order valence-electron chi connectivity index (χ0n) is 18.4. The van der Waals surface area contributed by atoms with Crippen molar-refractivity contribution >= 4 is 17.9 Å². The van der Waals surface area contributed by atoms with Gasteiger partial charge in [0.05, 0.1) is 0 Å². The number of nitrogens with one attached hydrogen (secondary N) is 2. The molecule has 0 aliphatic carbocycles. The van der Waals surface area contributed by atoms with Crippen molar-refractivity contribution in [1.29, 1.82) is 0 Å². The Morgan fingerprint density at radius 1 is 0.844 bits per heavy atom. The number of ether oxygens (including phenoxy) is 2. The number of unbranched alkanes of at least 4 members (excludes halogenated alkanes) is 1. The Labute approximate surface area is 187 Å². The second kappa shape index (κ2) is 13.2. The quantitative estimate of drug-likeness (QED) is 0.246. The average molecular weight is 443 g/mol. The van der Waals surface area contributed by atoms with E-state index in [-0.39, 0.29) is 12.5 Å². The number of esters is 2. The maximum atomic E-state index is 11.6. The van der Waals surface area contributed by atoms with Gasteiger partial charge in [-0.25, -0.2) is 0 Å². The summed E-state index contributed by atoms with van der Waals surface area (Å²) in [6.45, 7) is 4.23. The number of hydrogen-bond donors (Lipinski definition) is 3. The lowest BCUT2D eigenvalue weighted by atomic mass is 10.1. The van der Waals surface area contributed by atoms with Gasteiger partial charge in [-0.2, -0.15) is 0 Å². The van der Waals surface area contributed by atoms with Crippen molar-refractivity contribution in [3.63, 3.8) is 0 Å². The molecule has 32 heavy (non-hydrogen) atoms. The normalized spacial score (nSPS) is 11.6. The molecule has 0 saturated carbocycles. The molecule has 8 nitrogen and oxygen atoms in total. The molecular formula is C24H30N2O6. The zero-order valence-corrected chi connectivity index (χ0v) is 18.4. The van der Waals surface area contributed by atoms with Gasteiger partial charge in [-0.05, 0) is 31.5 Å². The number of hydrogen-bond acceptors (Lipinski definition) is 7. The molecule has 0 heterocycles. The number of carboxylic acids is 1. The van der Waals surface area contributed by atoms with Gasteiger partial charge < -0.3 is 25.2 Å². The van der Waals surface area contributed by atoms with E-state index in [1.165, 1.54) is 13.8 Å². The van der Waals surface area contributed by atoms with Gasteiger partial charge in [0.15, 0.2) is 0 Å². The topological polar surface area (TPSA) is 114 Å². The first-order valence-corrected chi connectivity index (χ1v) is 10.6. The lowest BCUT2D eigenvalue weighted by Gasteiger charge is -2.16. The predicted octanol–water partition coefficient (Wildman–Crippen LogP) is 3.04. The fraction of sp³-hybridized carbons (Fsp3) is 0.375. The highest BCUT2D eigenvalue weighted by atomic mass is 16.5. The minimum Gasteiger partial charge on any atom is -0.480 e. The summed E-state index contributed by atoms with van der Waals surface area (Å²) in [6, 6.07) is 13.7. The smallest absolute Gasteiger partial charge is 0.320 e. The van der Waals surface area contributed by atoms with Gasteiger partial charge >= 0.3 is 17.9 Å². The zero-order chi connectivity index (χ0) is 23.3. The Hall–Kier alpha value is -3.23. The predicted molar refractivity (Wildman–Crippen MR) is 119 cm³/mol. The minimum atomic E-state index is -0.918. The van der Waals surface area contributed by atoms with Crippen LogP contribution in [0.1, 0.15) is 44.2 Å². The van der Waals surface area contributed by atoms with Crippen LogP contribution in [-0.2, 0) is 27.5 Å². The van der Waals surface area contributed by atoms with Crippen LogP contribution in [-0.4, -0.2) is 35.6 Å². The maximum Gasteiger partial charge on any atom is 0.320 e. The average Bonchev–Trinajstić information content (AvgIpc) is 2.73. The molecule has 2 aromatic rings. The van der Waals surface area contributed by atoms with Crippen LogP contribution in [0.4, 0.5) is 0 Å². The van der Waals surface area contributed by atoms with Crippen LogP contribution in [0.3, 0.4) is 0 Å². The third-order valence-corrected chi connectivity index (χ3v) is 4.70. The molecule has 0 radical (unpaired) electrons. The van der Waals surface area contributed by atoms with E-state index >= 15 is 0 Å². The highest BCUT2D eigenvalue weighted by Gasteiger charge is 2.17. The number of benzene rings is 2. The Kier molecular flexibility index (Phi) is 10.4. The van der Waals surface area contributed by atoms with Crippen LogP contribution < -0.4 is 20.1 Å². The molecule has 2 rings (SSSR count). The molecule has 0 aromatic heterocycles. The summed E-state index contributed by atoms with van der Waals surface area (Å²) in [5.41, 5.74) is 1.61. The van der Waals surface area contributed by atoms with Gasteiger partial charge in [-0.15, -0.1) is 0 Å². The lowest BCUT2D eigenvalue weighted by molar-refractivity contribution is -0.140. The molecule has 172 valence electrons. The third kappa shape index (κ3) is 8.87. The lowest BCUT2D eigenvalue weighted by Crippen LogP contribution is -2.36. The Bertz CT molecular complexity index is 915. The van der Waals surface area contributed by atoms with E-state index in [0.717, 1.165) is 17.5 Å². The van der Waals surface area contributed by atoms with Crippen LogP contribution in [0.15, 0.2) is 48.5 Å². The van der Waals surface area contributed by atoms with Crippen molar-refractivity contribution in [3.8, 4) is 11.5 Å². The van der Waals surface area contributed by atoms with Crippen molar-refractivity contribution in [2.75, 3.05) is 6.54 Å². The van der Waals surface area contributed by atoms with Crippen molar-refractivity contribution < 1.29 is 29.0 Å². The van der Waals surface area contributed by atoms with E-state index in [9.17, 15) is 19.5 Å². The third-order valence-electron chi connectivity index (χ3n) is 4.70. The van der Waals surface area contributed by atoms with E-state index in [0.29, 0.717) is 37.4 Å². The molecule has 0 aliphatic heterocycles. The van der Waals surface area contributed by atoms with E-state index in [2.05, 4.69) is 10.6 Å². The van der Waals surface area contributed by atoms with Gasteiger partial charge in [0, 0.05) is 38.1 Å². The van der Waals surface area contributed by atoms with Crippen molar-refractivity contribution in [2.24, 2.45) is 0 Å². The summed E-state index contributed by atoms with van der Waals surface area (Å²) in [7, 11) is 0. The Morgan fingerprint density at radius 3 is 1.91 bits per heavy atom. The Balaban J connectivity index is 1.75. The standard InChI is InChI=1S/C24H30N2O6/c1-17(27)31-22-12-5-3-9-19(22)15-25-14-8-7-11-21(24(29)30)26-16-20-10-4-6-13-23(20)32-18(2)28/h3-6,9-10,12-13,21,25-26H,7-8,11,14-16H2,1-2H3,(H,29,30)/t21-/m0/s1. The Morgan fingerprint density at radius 2 is 1.38 bits per heavy atom. The molecule has 0 spiro atoms. The van der Waals surface area contributed by atoms with E-state index in [1.54, 1.807) is 24.3 Å². The molecule has 0 unspecified atom stereocenters. The number of aliphatic carboxylic acids is 1. The van der Waals surface area contributed by atoms with Gasteiger partial charge in [-0.3, -0.25) is 14.4 Å². The summed E-state index contributed by atoms with van der Waals surface area (Å²) in [6.07, 6.45) is 1.98. The second-order valence-corrected chi connectivity index (χ2v) is 7.35. The van der Waals surface area contributed by atoms with E-state index < -0.39 is 18.0 Å². The largest absolute Gasteiger partial charge is 0.480 e. The number of carboxylic acid groups (broad SMARTS) is 1. The SMILES string of the molecule is CC(=O)Oc1ccccc1CNCCCC[C@H](NCc1ccccc1OC(C)=O)C(=O)O. The van der Waals surface area contributed by atoms with Gasteiger partial charge in [0.2, 0.25) is 0 Å². The molecule has 1 atom stereocenters. The summed E-state index contributed by atoms with van der Waals surface area (Å²) < 4.78 is 10.4. The summed E-state index contributed by atoms with van der Waals surface area (Å²) in [5.74, 6) is -0.736. The maximum absolute atomic E-state index is 11.6. The highest BCUT2D eigenvalue weighted by Crippen LogP contribution is 2.19. The fourth-order valence-corrected chi connectivity index (χ4v) is 3.18. The number of carbonyl (C=O) groups is 3. The number of rotatable bonds is 13. The molecule has 2 aromatic carbocycles. The molecule has 8 heteroatoms. The first-order chi connectivity index (χ1) is 15.4. The summed E-state index contributed by atoms with van der Waals surface area (Å²) >= 11 is 0. The van der Waals surface area contributed by atoms with Crippen molar-refractivity contribution in [2.45, 2.75) is 52.2 Å². The number of para-hydroxylation sites is 2. The first-order valence-electron chi connectivity index (χ1n) is 10.6. The summed E-state index contributed by atoms with van der Waals surface area (Å²) in [4.78, 5) is 34.0. The van der Waals surface area contributed by atoms with Crippen molar-refractivity contribution in [1.82, 2.24) is 10.6 Å². The molecule has 0 fully saturated rings. The molecule has 0 saturated heterocycles. The second-order valence-electron chi connectivity index (χ2n) is 7.35. The van der Waals surface area contributed by atoms with Crippen LogP contribution >= 0.6 is 0 Å². The van der Waals surface area contributed by atoms with Crippen LogP contribution in [0.25, 0.3) is 0 Å². The molecule has 0 aliphatic rings. The monoisotopic (exact) mass is 442 g/mol. The number of carbonyl (C=O) groups excluding carboxylic acids is 2. The van der Waals surface area contributed by atoms with E-state index in [1.807, 2.05) is 24.3 Å². The van der Waals surface area contributed by atoms with Crippen LogP contribution in [0.5, 0.6) is 11.5 Å².